The van der Waals surface area contributed by atoms with E-state index in [0.717, 1.165) is 0 Å². The van der Waals surface area contributed by atoms with Crippen LogP contribution in [0.3, 0.4) is 0 Å². The van der Waals surface area contributed by atoms with Crippen LogP contribution in [-0.2, 0) is 4.74 Å². The third-order valence-electron chi connectivity index (χ3n) is 0.839. The average Bonchev–Trinajstić information content (AvgIpc) is 1.62. The van der Waals surface area contributed by atoms with Gasteiger partial charge < -0.3 is 9.84 Å². The van der Waals surface area contributed by atoms with Crippen molar-refractivity contribution in [2.24, 2.45) is 0 Å². The van der Waals surface area contributed by atoms with Crippen LogP contribution in [0.4, 0.5) is 0 Å². The number of hydrogen-bond acceptors (Lipinski definition) is 2. The van der Waals surface area contributed by atoms with E-state index in [1.165, 1.54) is 0 Å². The minimum absolute atomic E-state index is 0.227. The van der Waals surface area contributed by atoms with Gasteiger partial charge in [0, 0.05) is 0 Å². The first-order chi connectivity index (χ1) is 3.95. The molecule has 0 aliphatic rings. The number of ether oxygens (including phenoxy) is 1. The molecule has 0 fully saturated rings. The standard InChI is InChI=1S/C7H16O2/c1-5-6(8)9-7(2,3)4/h6,8H,5H2,1-4H3. The molecule has 0 aromatic rings. The quantitative estimate of drug-likeness (QED) is 0.577. The van der Waals surface area contributed by atoms with Crippen LogP contribution in [0.2, 0.25) is 0 Å². The van der Waals surface area contributed by atoms with E-state index in [0.29, 0.717) is 6.42 Å². The molecule has 0 aromatic heterocycles. The minimum atomic E-state index is -0.606. The zero-order chi connectivity index (χ0) is 7.49. The van der Waals surface area contributed by atoms with Crippen molar-refractivity contribution >= 4 is 0 Å². The molecule has 9 heavy (non-hydrogen) atoms. The minimum Gasteiger partial charge on any atom is -0.368 e. The predicted octanol–water partition coefficient (Wildman–Crippen LogP) is 1.53. The Morgan fingerprint density at radius 3 is 2.00 bits per heavy atom. The molecule has 56 valence electrons. The fourth-order valence-electron chi connectivity index (χ4n) is 0.491. The fourth-order valence-corrected chi connectivity index (χ4v) is 0.491. The largest absolute Gasteiger partial charge is 0.368 e. The summed E-state index contributed by atoms with van der Waals surface area (Å²) in [6.07, 6.45) is 0.0436. The lowest BCUT2D eigenvalue weighted by molar-refractivity contribution is -0.165. The van der Waals surface area contributed by atoms with Crippen molar-refractivity contribution in [1.82, 2.24) is 0 Å². The Hall–Kier alpha value is -0.0800. The molecular formula is C7H16O2. The summed E-state index contributed by atoms with van der Waals surface area (Å²) in [5, 5.41) is 8.97. The summed E-state index contributed by atoms with van der Waals surface area (Å²) in [5.74, 6) is 0. The summed E-state index contributed by atoms with van der Waals surface area (Å²) in [6, 6.07) is 0. The lowest BCUT2D eigenvalue weighted by Gasteiger charge is -2.22. The monoisotopic (exact) mass is 132 g/mol. The number of aliphatic hydroxyl groups is 1. The van der Waals surface area contributed by atoms with E-state index in [-0.39, 0.29) is 5.60 Å². The molecule has 0 bridgehead atoms. The van der Waals surface area contributed by atoms with Crippen molar-refractivity contribution in [2.75, 3.05) is 0 Å². The van der Waals surface area contributed by atoms with Gasteiger partial charge in [-0.3, -0.25) is 0 Å². The smallest absolute Gasteiger partial charge is 0.154 e. The Kier molecular flexibility index (Phi) is 3.15. The van der Waals surface area contributed by atoms with E-state index in [9.17, 15) is 0 Å². The van der Waals surface area contributed by atoms with Crippen LogP contribution in [0.25, 0.3) is 0 Å². The van der Waals surface area contributed by atoms with Gasteiger partial charge in [-0.1, -0.05) is 6.92 Å². The molecule has 0 aromatic carbocycles. The number of aliphatic hydroxyl groups excluding tert-OH is 1. The lowest BCUT2D eigenvalue weighted by atomic mass is 10.2. The molecule has 1 N–H and O–H groups in total. The zero-order valence-electron chi connectivity index (χ0n) is 6.64. The van der Waals surface area contributed by atoms with Gasteiger partial charge in [0.05, 0.1) is 5.60 Å². The molecule has 0 saturated carbocycles. The Morgan fingerprint density at radius 2 is 1.89 bits per heavy atom. The van der Waals surface area contributed by atoms with Crippen LogP contribution in [0.15, 0.2) is 0 Å². The van der Waals surface area contributed by atoms with Crippen LogP contribution >= 0.6 is 0 Å². The summed E-state index contributed by atoms with van der Waals surface area (Å²) in [7, 11) is 0. The van der Waals surface area contributed by atoms with Crippen molar-refractivity contribution < 1.29 is 9.84 Å². The maximum absolute atomic E-state index is 8.97. The SMILES string of the molecule is CCC(O)OC(C)(C)C. The molecule has 0 aliphatic carbocycles. The highest BCUT2D eigenvalue weighted by molar-refractivity contribution is 4.59. The topological polar surface area (TPSA) is 29.5 Å². The predicted molar refractivity (Wildman–Crippen MR) is 37.1 cm³/mol. The molecule has 0 rings (SSSR count). The Balaban J connectivity index is 3.47. The molecule has 0 amide bonds. The lowest BCUT2D eigenvalue weighted by Crippen LogP contribution is -2.26. The van der Waals surface area contributed by atoms with Gasteiger partial charge in [-0.2, -0.15) is 0 Å². The zero-order valence-corrected chi connectivity index (χ0v) is 6.64. The molecule has 0 radical (unpaired) electrons. The maximum atomic E-state index is 8.97. The van der Waals surface area contributed by atoms with Crippen LogP contribution < -0.4 is 0 Å². The highest BCUT2D eigenvalue weighted by Gasteiger charge is 2.14. The summed E-state index contributed by atoms with van der Waals surface area (Å²) in [5.41, 5.74) is -0.227. The molecule has 1 unspecified atom stereocenters. The maximum Gasteiger partial charge on any atom is 0.154 e. The van der Waals surface area contributed by atoms with Crippen molar-refractivity contribution in [3.63, 3.8) is 0 Å². The molecule has 1 atom stereocenters. The highest BCUT2D eigenvalue weighted by atomic mass is 16.6. The van der Waals surface area contributed by atoms with Crippen LogP contribution in [0, 0.1) is 0 Å². The van der Waals surface area contributed by atoms with Crippen molar-refractivity contribution in [2.45, 2.75) is 46.0 Å². The van der Waals surface area contributed by atoms with E-state index in [4.69, 9.17) is 9.84 Å². The van der Waals surface area contributed by atoms with Crippen molar-refractivity contribution in [3.8, 4) is 0 Å². The van der Waals surface area contributed by atoms with Gasteiger partial charge in [-0.25, -0.2) is 0 Å². The van der Waals surface area contributed by atoms with E-state index in [1.54, 1.807) is 0 Å². The number of hydrogen-bond donors (Lipinski definition) is 1. The van der Waals surface area contributed by atoms with E-state index in [2.05, 4.69) is 0 Å². The molecule has 2 nitrogen and oxygen atoms in total. The van der Waals surface area contributed by atoms with Crippen LogP contribution in [-0.4, -0.2) is 17.0 Å². The summed E-state index contributed by atoms with van der Waals surface area (Å²) < 4.78 is 5.14. The van der Waals surface area contributed by atoms with Crippen LogP contribution in [0.1, 0.15) is 34.1 Å². The Morgan fingerprint density at radius 1 is 1.44 bits per heavy atom. The van der Waals surface area contributed by atoms with Crippen LogP contribution in [0.5, 0.6) is 0 Å². The molecule has 2 heteroatoms. The number of rotatable bonds is 2. The van der Waals surface area contributed by atoms with E-state index >= 15 is 0 Å². The molecule has 0 saturated heterocycles. The molecule has 0 heterocycles. The molecule has 0 aliphatic heterocycles. The second-order valence-electron chi connectivity index (χ2n) is 3.09. The highest BCUT2D eigenvalue weighted by Crippen LogP contribution is 2.10. The first-order valence-corrected chi connectivity index (χ1v) is 3.31. The molecule has 0 spiro atoms. The van der Waals surface area contributed by atoms with E-state index in [1.807, 2.05) is 27.7 Å². The summed E-state index contributed by atoms with van der Waals surface area (Å²) >= 11 is 0. The van der Waals surface area contributed by atoms with Gasteiger partial charge in [0.2, 0.25) is 0 Å². The second-order valence-corrected chi connectivity index (χ2v) is 3.09. The van der Waals surface area contributed by atoms with Gasteiger partial charge in [0.1, 0.15) is 0 Å². The fraction of sp³-hybridized carbons (Fsp3) is 1.00. The summed E-state index contributed by atoms with van der Waals surface area (Å²) in [4.78, 5) is 0. The normalized spacial score (nSPS) is 15.7. The van der Waals surface area contributed by atoms with Gasteiger partial charge in [-0.05, 0) is 27.2 Å². The Bertz CT molecular complexity index is 73.5. The third-order valence-corrected chi connectivity index (χ3v) is 0.839. The van der Waals surface area contributed by atoms with Crippen molar-refractivity contribution in [3.05, 3.63) is 0 Å². The van der Waals surface area contributed by atoms with Gasteiger partial charge in [-0.15, -0.1) is 0 Å². The summed E-state index contributed by atoms with van der Waals surface area (Å²) in [6.45, 7) is 7.65. The van der Waals surface area contributed by atoms with Crippen molar-refractivity contribution in [1.29, 1.82) is 0 Å². The first-order valence-electron chi connectivity index (χ1n) is 3.31. The third kappa shape index (κ3) is 5.80. The second kappa shape index (κ2) is 3.18. The molecular weight excluding hydrogens is 116 g/mol. The first kappa shape index (κ1) is 8.92. The average molecular weight is 132 g/mol. The van der Waals surface area contributed by atoms with E-state index < -0.39 is 6.29 Å². The van der Waals surface area contributed by atoms with Gasteiger partial charge >= 0.3 is 0 Å². The van der Waals surface area contributed by atoms with Gasteiger partial charge in [0.15, 0.2) is 6.29 Å². The van der Waals surface area contributed by atoms with Gasteiger partial charge in [0.25, 0.3) is 0 Å². The Labute approximate surface area is 56.8 Å².